The molecule has 1 amide bonds. The number of amides is 1. The summed E-state index contributed by atoms with van der Waals surface area (Å²) in [6.45, 7) is 0.708. The average molecular weight is 319 g/mol. The minimum Gasteiger partial charge on any atom is -0.469 e. The molecule has 0 aromatic carbocycles. The Hall–Kier alpha value is -2.32. The second kappa shape index (κ2) is 10.4. The van der Waals surface area contributed by atoms with Crippen molar-refractivity contribution in [1.82, 2.24) is 4.90 Å². The van der Waals surface area contributed by atoms with E-state index in [1.54, 1.807) is 0 Å². The predicted molar refractivity (Wildman–Crippen MR) is 72.5 cm³/mol. The fourth-order valence-electron chi connectivity index (χ4n) is 1.63. The SMILES string of the molecule is COC(=O)CCCC(C(=O)OC)N(COC(C)=O)C(=O)OC. The van der Waals surface area contributed by atoms with Crippen LogP contribution in [0.15, 0.2) is 0 Å². The summed E-state index contributed by atoms with van der Waals surface area (Å²) < 4.78 is 18.4. The Morgan fingerprint density at radius 2 is 1.64 bits per heavy atom. The van der Waals surface area contributed by atoms with Crippen LogP contribution in [0.5, 0.6) is 0 Å². The van der Waals surface area contributed by atoms with Gasteiger partial charge in [-0.05, 0) is 12.8 Å². The molecule has 0 heterocycles. The lowest BCUT2D eigenvalue weighted by Gasteiger charge is -2.27. The van der Waals surface area contributed by atoms with E-state index in [0.717, 1.165) is 19.1 Å². The van der Waals surface area contributed by atoms with Gasteiger partial charge in [0.25, 0.3) is 0 Å². The molecule has 0 spiro atoms. The Labute approximate surface area is 128 Å². The first kappa shape index (κ1) is 19.7. The summed E-state index contributed by atoms with van der Waals surface area (Å²) in [6, 6.07) is -1.04. The maximum absolute atomic E-state index is 11.8. The van der Waals surface area contributed by atoms with Crippen LogP contribution in [-0.2, 0) is 33.3 Å². The number of rotatable bonds is 8. The number of esters is 3. The Morgan fingerprint density at radius 3 is 2.09 bits per heavy atom. The van der Waals surface area contributed by atoms with Gasteiger partial charge < -0.3 is 18.9 Å². The molecule has 1 unspecified atom stereocenters. The molecule has 22 heavy (non-hydrogen) atoms. The first-order chi connectivity index (χ1) is 10.4. The standard InChI is InChI=1S/C13H21NO8/c1-9(15)22-8-14(13(18)21-4)10(12(17)20-3)6-5-7-11(16)19-2/h10H,5-8H2,1-4H3. The summed E-state index contributed by atoms with van der Waals surface area (Å²) in [6.07, 6.45) is -0.375. The molecule has 0 aliphatic heterocycles. The highest BCUT2D eigenvalue weighted by Gasteiger charge is 2.32. The summed E-state index contributed by atoms with van der Waals surface area (Å²) in [5.41, 5.74) is 0. The minimum atomic E-state index is -1.04. The number of carbonyl (C=O) groups is 4. The highest BCUT2D eigenvalue weighted by atomic mass is 16.6. The molecule has 0 N–H and O–H groups in total. The van der Waals surface area contributed by atoms with Crippen molar-refractivity contribution < 1.29 is 38.1 Å². The van der Waals surface area contributed by atoms with Crippen molar-refractivity contribution >= 4 is 24.0 Å². The quantitative estimate of drug-likeness (QED) is 0.361. The second-order valence-corrected chi connectivity index (χ2v) is 4.21. The van der Waals surface area contributed by atoms with Crippen LogP contribution in [-0.4, -0.2) is 63.0 Å². The van der Waals surface area contributed by atoms with Gasteiger partial charge in [0.1, 0.15) is 6.04 Å². The molecule has 0 saturated heterocycles. The highest BCUT2D eigenvalue weighted by molar-refractivity contribution is 5.81. The third kappa shape index (κ3) is 6.91. The molecule has 0 fully saturated rings. The third-order valence-electron chi connectivity index (χ3n) is 2.75. The zero-order valence-corrected chi connectivity index (χ0v) is 13.1. The van der Waals surface area contributed by atoms with E-state index < -0.39 is 36.8 Å². The fraction of sp³-hybridized carbons (Fsp3) is 0.692. The van der Waals surface area contributed by atoms with Crippen molar-refractivity contribution in [2.24, 2.45) is 0 Å². The average Bonchev–Trinajstić information content (AvgIpc) is 2.51. The maximum atomic E-state index is 11.8. The zero-order chi connectivity index (χ0) is 17.1. The number of nitrogens with zero attached hydrogens (tertiary/aromatic N) is 1. The summed E-state index contributed by atoms with van der Waals surface area (Å²) in [4.78, 5) is 46.5. The molecule has 0 rings (SSSR count). The molecule has 9 nitrogen and oxygen atoms in total. The van der Waals surface area contributed by atoms with Crippen molar-refractivity contribution in [3.05, 3.63) is 0 Å². The van der Waals surface area contributed by atoms with E-state index in [0.29, 0.717) is 0 Å². The molecule has 0 aromatic heterocycles. The van der Waals surface area contributed by atoms with E-state index in [9.17, 15) is 19.2 Å². The summed E-state index contributed by atoms with van der Waals surface area (Å²) in [5.74, 6) is -1.76. The van der Waals surface area contributed by atoms with Crippen LogP contribution in [0, 0.1) is 0 Å². The zero-order valence-electron chi connectivity index (χ0n) is 13.1. The van der Waals surface area contributed by atoms with Gasteiger partial charge >= 0.3 is 24.0 Å². The van der Waals surface area contributed by atoms with Gasteiger partial charge in [0.2, 0.25) is 0 Å². The van der Waals surface area contributed by atoms with Crippen LogP contribution in [0.4, 0.5) is 4.79 Å². The van der Waals surface area contributed by atoms with Gasteiger partial charge in [-0.3, -0.25) is 14.5 Å². The summed E-state index contributed by atoms with van der Waals surface area (Å²) >= 11 is 0. The highest BCUT2D eigenvalue weighted by Crippen LogP contribution is 2.13. The van der Waals surface area contributed by atoms with Gasteiger partial charge in [-0.25, -0.2) is 9.59 Å². The summed E-state index contributed by atoms with van der Waals surface area (Å²) in [5, 5.41) is 0. The van der Waals surface area contributed by atoms with Crippen LogP contribution in [0.3, 0.4) is 0 Å². The molecule has 1 atom stereocenters. The minimum absolute atomic E-state index is 0.0760. The van der Waals surface area contributed by atoms with Gasteiger partial charge in [0, 0.05) is 13.3 Å². The second-order valence-electron chi connectivity index (χ2n) is 4.21. The van der Waals surface area contributed by atoms with Crippen LogP contribution in [0.25, 0.3) is 0 Å². The lowest BCUT2D eigenvalue weighted by atomic mass is 10.1. The lowest BCUT2D eigenvalue weighted by Crippen LogP contribution is -2.47. The maximum Gasteiger partial charge on any atom is 0.412 e. The molecule has 0 aliphatic carbocycles. The Morgan fingerprint density at radius 1 is 1.00 bits per heavy atom. The van der Waals surface area contributed by atoms with Gasteiger partial charge in [-0.1, -0.05) is 0 Å². The van der Waals surface area contributed by atoms with E-state index in [-0.39, 0.29) is 19.3 Å². The van der Waals surface area contributed by atoms with Crippen LogP contribution < -0.4 is 0 Å². The van der Waals surface area contributed by atoms with E-state index in [4.69, 9.17) is 4.74 Å². The lowest BCUT2D eigenvalue weighted by molar-refractivity contribution is -0.155. The van der Waals surface area contributed by atoms with E-state index >= 15 is 0 Å². The van der Waals surface area contributed by atoms with E-state index in [2.05, 4.69) is 14.2 Å². The molecule has 9 heteroatoms. The Balaban J connectivity index is 4.95. The van der Waals surface area contributed by atoms with Crippen LogP contribution in [0.2, 0.25) is 0 Å². The predicted octanol–water partition coefficient (Wildman–Crippen LogP) is 0.460. The Bertz CT molecular complexity index is 409. The van der Waals surface area contributed by atoms with Crippen molar-refractivity contribution in [3.8, 4) is 0 Å². The van der Waals surface area contributed by atoms with Crippen LogP contribution >= 0.6 is 0 Å². The van der Waals surface area contributed by atoms with E-state index in [1.807, 2.05) is 0 Å². The molecule has 0 aliphatic rings. The number of hydrogen-bond donors (Lipinski definition) is 0. The monoisotopic (exact) mass is 319 g/mol. The first-order valence-corrected chi connectivity index (χ1v) is 6.49. The molecule has 126 valence electrons. The molecule has 0 bridgehead atoms. The third-order valence-corrected chi connectivity index (χ3v) is 2.75. The van der Waals surface area contributed by atoms with Crippen molar-refractivity contribution in [1.29, 1.82) is 0 Å². The Kier molecular flexibility index (Phi) is 9.31. The van der Waals surface area contributed by atoms with Crippen LogP contribution in [0.1, 0.15) is 26.2 Å². The van der Waals surface area contributed by atoms with Crippen molar-refractivity contribution in [3.63, 3.8) is 0 Å². The van der Waals surface area contributed by atoms with Crippen molar-refractivity contribution in [2.45, 2.75) is 32.2 Å². The van der Waals surface area contributed by atoms with Gasteiger partial charge in [-0.2, -0.15) is 0 Å². The number of carbonyl (C=O) groups excluding carboxylic acids is 4. The normalized spacial score (nSPS) is 11.1. The molecule has 0 radical (unpaired) electrons. The number of methoxy groups -OCH3 is 3. The molecule has 0 aromatic rings. The largest absolute Gasteiger partial charge is 0.469 e. The number of hydrogen-bond acceptors (Lipinski definition) is 8. The van der Waals surface area contributed by atoms with Gasteiger partial charge in [-0.15, -0.1) is 0 Å². The van der Waals surface area contributed by atoms with Gasteiger partial charge in [0.15, 0.2) is 6.73 Å². The van der Waals surface area contributed by atoms with Crippen molar-refractivity contribution in [2.75, 3.05) is 28.1 Å². The summed E-state index contributed by atoms with van der Waals surface area (Å²) in [7, 11) is 3.55. The molecular formula is C13H21NO8. The van der Waals surface area contributed by atoms with Gasteiger partial charge in [0.05, 0.1) is 21.3 Å². The molecular weight excluding hydrogens is 298 g/mol. The van der Waals surface area contributed by atoms with E-state index in [1.165, 1.54) is 14.0 Å². The topological polar surface area (TPSA) is 108 Å². The smallest absolute Gasteiger partial charge is 0.412 e. The fourth-order valence-corrected chi connectivity index (χ4v) is 1.63. The first-order valence-electron chi connectivity index (χ1n) is 6.49. The molecule has 0 saturated carbocycles. The number of ether oxygens (including phenoxy) is 4.